The third-order valence-corrected chi connectivity index (χ3v) is 4.28. The van der Waals surface area contributed by atoms with Gasteiger partial charge < -0.3 is 5.32 Å². The largest absolute Gasteiger partial charge is 0.312 e. The van der Waals surface area contributed by atoms with Crippen LogP contribution in [-0.2, 0) is 12.0 Å². The van der Waals surface area contributed by atoms with E-state index in [9.17, 15) is 0 Å². The summed E-state index contributed by atoms with van der Waals surface area (Å²) in [5.74, 6) is 0.916. The highest BCUT2D eigenvalue weighted by Crippen LogP contribution is 2.24. The van der Waals surface area contributed by atoms with Crippen LogP contribution in [0.25, 0.3) is 0 Å². The molecule has 1 saturated carbocycles. The van der Waals surface area contributed by atoms with Crippen LogP contribution in [0.3, 0.4) is 0 Å². The van der Waals surface area contributed by atoms with Crippen molar-refractivity contribution >= 4 is 0 Å². The van der Waals surface area contributed by atoms with Crippen LogP contribution < -0.4 is 5.32 Å². The van der Waals surface area contributed by atoms with Gasteiger partial charge in [-0.1, -0.05) is 64.3 Å². The lowest BCUT2D eigenvalue weighted by atomic mass is 9.86. The van der Waals surface area contributed by atoms with Crippen molar-refractivity contribution in [3.05, 3.63) is 35.4 Å². The fourth-order valence-corrected chi connectivity index (χ4v) is 2.96. The molecule has 0 radical (unpaired) electrons. The Morgan fingerprint density at radius 2 is 1.84 bits per heavy atom. The molecule has 1 aliphatic carbocycles. The lowest BCUT2D eigenvalue weighted by Crippen LogP contribution is -2.24. The van der Waals surface area contributed by atoms with E-state index in [0.717, 1.165) is 12.5 Å². The number of benzene rings is 1. The van der Waals surface area contributed by atoms with Crippen molar-refractivity contribution in [2.45, 2.75) is 64.8 Å². The Morgan fingerprint density at radius 3 is 2.53 bits per heavy atom. The SMILES string of the molecule is CC(C)(C)c1cccc(CNCC2CCCCC2)c1. The van der Waals surface area contributed by atoms with Crippen molar-refractivity contribution in [2.75, 3.05) is 6.54 Å². The summed E-state index contributed by atoms with van der Waals surface area (Å²) >= 11 is 0. The average Bonchev–Trinajstić information content (AvgIpc) is 2.39. The van der Waals surface area contributed by atoms with E-state index in [1.54, 1.807) is 0 Å². The van der Waals surface area contributed by atoms with E-state index >= 15 is 0 Å². The van der Waals surface area contributed by atoms with E-state index in [1.807, 2.05) is 0 Å². The molecule has 0 heterocycles. The normalized spacial score (nSPS) is 17.6. The van der Waals surface area contributed by atoms with Gasteiger partial charge in [0.2, 0.25) is 0 Å². The molecule has 0 saturated heterocycles. The Labute approximate surface area is 118 Å². The van der Waals surface area contributed by atoms with Crippen molar-refractivity contribution in [3.8, 4) is 0 Å². The summed E-state index contributed by atoms with van der Waals surface area (Å²) in [6, 6.07) is 9.03. The summed E-state index contributed by atoms with van der Waals surface area (Å²) in [4.78, 5) is 0. The molecule has 106 valence electrons. The highest BCUT2D eigenvalue weighted by molar-refractivity contribution is 5.28. The van der Waals surface area contributed by atoms with Gasteiger partial charge in [0.05, 0.1) is 0 Å². The second-order valence-electron chi connectivity index (χ2n) is 7.09. The molecule has 0 bridgehead atoms. The molecule has 1 fully saturated rings. The van der Waals surface area contributed by atoms with Gasteiger partial charge in [-0.25, -0.2) is 0 Å². The van der Waals surface area contributed by atoms with Crippen LogP contribution in [-0.4, -0.2) is 6.54 Å². The molecule has 0 atom stereocenters. The molecule has 1 aromatic rings. The zero-order valence-electron chi connectivity index (χ0n) is 12.8. The van der Waals surface area contributed by atoms with Gasteiger partial charge in [-0.05, 0) is 41.8 Å². The number of rotatable bonds is 4. The van der Waals surface area contributed by atoms with Crippen molar-refractivity contribution in [3.63, 3.8) is 0 Å². The average molecular weight is 259 g/mol. The molecule has 0 aromatic heterocycles. The van der Waals surface area contributed by atoms with E-state index in [2.05, 4.69) is 50.4 Å². The first kappa shape index (κ1) is 14.6. The summed E-state index contributed by atoms with van der Waals surface area (Å²) < 4.78 is 0. The van der Waals surface area contributed by atoms with Crippen LogP contribution in [0.1, 0.15) is 64.0 Å². The minimum Gasteiger partial charge on any atom is -0.312 e. The van der Waals surface area contributed by atoms with E-state index < -0.39 is 0 Å². The summed E-state index contributed by atoms with van der Waals surface area (Å²) in [6.07, 6.45) is 7.17. The van der Waals surface area contributed by atoms with Crippen molar-refractivity contribution in [1.29, 1.82) is 0 Å². The van der Waals surface area contributed by atoms with Crippen LogP contribution in [0.15, 0.2) is 24.3 Å². The summed E-state index contributed by atoms with van der Waals surface area (Å²) in [6.45, 7) is 9.05. The molecule has 1 aromatic carbocycles. The summed E-state index contributed by atoms with van der Waals surface area (Å²) in [5.41, 5.74) is 3.10. The Morgan fingerprint density at radius 1 is 1.11 bits per heavy atom. The van der Waals surface area contributed by atoms with E-state index in [-0.39, 0.29) is 5.41 Å². The fourth-order valence-electron chi connectivity index (χ4n) is 2.96. The van der Waals surface area contributed by atoms with Crippen LogP contribution in [0.4, 0.5) is 0 Å². The van der Waals surface area contributed by atoms with Crippen LogP contribution in [0, 0.1) is 5.92 Å². The highest BCUT2D eigenvalue weighted by Gasteiger charge is 2.14. The Balaban J connectivity index is 1.82. The summed E-state index contributed by atoms with van der Waals surface area (Å²) in [7, 11) is 0. The monoisotopic (exact) mass is 259 g/mol. The Hall–Kier alpha value is -0.820. The van der Waals surface area contributed by atoms with Gasteiger partial charge in [0, 0.05) is 6.54 Å². The predicted molar refractivity (Wildman–Crippen MR) is 83.4 cm³/mol. The van der Waals surface area contributed by atoms with E-state index in [0.29, 0.717) is 0 Å². The lowest BCUT2D eigenvalue weighted by molar-refractivity contribution is 0.342. The minimum atomic E-state index is 0.249. The zero-order chi connectivity index (χ0) is 13.7. The maximum atomic E-state index is 3.65. The molecule has 1 nitrogen and oxygen atoms in total. The second kappa shape index (κ2) is 6.56. The molecule has 1 heteroatoms. The molecular weight excluding hydrogens is 230 g/mol. The Kier molecular flexibility index (Phi) is 5.04. The van der Waals surface area contributed by atoms with Gasteiger partial charge in [0.25, 0.3) is 0 Å². The van der Waals surface area contributed by atoms with Crippen LogP contribution >= 0.6 is 0 Å². The van der Waals surface area contributed by atoms with Gasteiger partial charge >= 0.3 is 0 Å². The highest BCUT2D eigenvalue weighted by atomic mass is 14.9. The summed E-state index contributed by atoms with van der Waals surface area (Å²) in [5, 5.41) is 3.65. The number of hydrogen-bond donors (Lipinski definition) is 1. The van der Waals surface area contributed by atoms with Crippen molar-refractivity contribution < 1.29 is 0 Å². The van der Waals surface area contributed by atoms with Crippen molar-refractivity contribution in [2.24, 2.45) is 5.92 Å². The molecule has 1 aliphatic rings. The predicted octanol–water partition coefficient (Wildman–Crippen LogP) is 4.65. The maximum absolute atomic E-state index is 3.65. The molecule has 0 amide bonds. The molecule has 0 spiro atoms. The maximum Gasteiger partial charge on any atom is 0.0205 e. The fraction of sp³-hybridized carbons (Fsp3) is 0.667. The first-order chi connectivity index (χ1) is 9.05. The van der Waals surface area contributed by atoms with Gasteiger partial charge in [-0.3, -0.25) is 0 Å². The second-order valence-corrected chi connectivity index (χ2v) is 7.09. The number of nitrogens with one attached hydrogen (secondary N) is 1. The van der Waals surface area contributed by atoms with E-state index in [4.69, 9.17) is 0 Å². The first-order valence-corrected chi connectivity index (χ1v) is 7.86. The van der Waals surface area contributed by atoms with Gasteiger partial charge in [-0.2, -0.15) is 0 Å². The molecule has 2 rings (SSSR count). The van der Waals surface area contributed by atoms with Gasteiger partial charge in [0.15, 0.2) is 0 Å². The third kappa shape index (κ3) is 4.65. The van der Waals surface area contributed by atoms with Crippen LogP contribution in [0.2, 0.25) is 0 Å². The Bertz CT molecular complexity index is 383. The van der Waals surface area contributed by atoms with Crippen LogP contribution in [0.5, 0.6) is 0 Å². The smallest absolute Gasteiger partial charge is 0.0205 e. The molecule has 1 N–H and O–H groups in total. The quantitative estimate of drug-likeness (QED) is 0.829. The van der Waals surface area contributed by atoms with Gasteiger partial charge in [-0.15, -0.1) is 0 Å². The van der Waals surface area contributed by atoms with Gasteiger partial charge in [0.1, 0.15) is 0 Å². The number of hydrogen-bond acceptors (Lipinski definition) is 1. The topological polar surface area (TPSA) is 12.0 Å². The molecular formula is C18H29N. The standard InChI is InChI=1S/C18H29N/c1-18(2,3)17-11-7-10-16(12-17)14-19-13-15-8-5-4-6-9-15/h7,10-12,15,19H,4-6,8-9,13-14H2,1-3H3. The third-order valence-electron chi connectivity index (χ3n) is 4.28. The molecule has 0 unspecified atom stereocenters. The zero-order valence-corrected chi connectivity index (χ0v) is 12.8. The minimum absolute atomic E-state index is 0.249. The molecule has 19 heavy (non-hydrogen) atoms. The molecule has 0 aliphatic heterocycles. The first-order valence-electron chi connectivity index (χ1n) is 7.86. The lowest BCUT2D eigenvalue weighted by Gasteiger charge is -2.22. The van der Waals surface area contributed by atoms with E-state index in [1.165, 1.54) is 49.8 Å². The van der Waals surface area contributed by atoms with Crippen molar-refractivity contribution in [1.82, 2.24) is 5.32 Å².